The van der Waals surface area contributed by atoms with Crippen LogP contribution < -0.4 is 14.4 Å². The quantitative estimate of drug-likeness (QED) is 0.305. The van der Waals surface area contributed by atoms with Crippen molar-refractivity contribution in [2.75, 3.05) is 58.3 Å². The van der Waals surface area contributed by atoms with E-state index in [-0.39, 0.29) is 34.8 Å². The number of nitrogens with zero attached hydrogens (tertiary/aromatic N) is 7. The van der Waals surface area contributed by atoms with Gasteiger partial charge in [0, 0.05) is 69.0 Å². The van der Waals surface area contributed by atoms with Gasteiger partial charge in [0.15, 0.2) is 11.6 Å². The van der Waals surface area contributed by atoms with Crippen molar-refractivity contribution in [3.63, 3.8) is 0 Å². The maximum absolute atomic E-state index is 14.3. The molecule has 2 aromatic heterocycles. The minimum atomic E-state index is -0.490. The summed E-state index contributed by atoms with van der Waals surface area (Å²) >= 11 is 0. The van der Waals surface area contributed by atoms with E-state index < -0.39 is 5.82 Å². The summed E-state index contributed by atoms with van der Waals surface area (Å²) in [4.78, 5) is 35.3. The molecule has 2 fully saturated rings. The zero-order chi connectivity index (χ0) is 31.7. The number of benzene rings is 1. The average molecular weight is 618 g/mol. The van der Waals surface area contributed by atoms with Crippen molar-refractivity contribution in [3.8, 4) is 17.2 Å². The van der Waals surface area contributed by atoms with E-state index >= 15 is 0 Å². The second kappa shape index (κ2) is 12.9. The summed E-state index contributed by atoms with van der Waals surface area (Å²) in [6.07, 6.45) is 8.09. The maximum Gasteiger partial charge on any atom is 0.257 e. The lowest BCUT2D eigenvalue weighted by molar-refractivity contribution is -0.0350. The summed E-state index contributed by atoms with van der Waals surface area (Å²) in [6.45, 7) is 11.9. The number of hydrogen-bond donors (Lipinski definition) is 0. The third-order valence-corrected chi connectivity index (χ3v) is 9.26. The van der Waals surface area contributed by atoms with Crippen molar-refractivity contribution in [2.24, 2.45) is 5.41 Å². The summed E-state index contributed by atoms with van der Waals surface area (Å²) in [7, 11) is 4.22. The third kappa shape index (κ3) is 6.60. The molecule has 3 aliphatic rings. The van der Waals surface area contributed by atoms with E-state index in [9.17, 15) is 9.18 Å². The zero-order valence-electron chi connectivity index (χ0n) is 27.0. The Morgan fingerprint density at radius 1 is 1.13 bits per heavy atom. The van der Waals surface area contributed by atoms with Gasteiger partial charge in [-0.25, -0.2) is 14.4 Å². The van der Waals surface area contributed by atoms with E-state index in [0.717, 1.165) is 70.0 Å². The largest absolute Gasteiger partial charge is 0.490 e. The Kier molecular flexibility index (Phi) is 8.92. The summed E-state index contributed by atoms with van der Waals surface area (Å²) in [5.74, 6) is 1.61. The highest BCUT2D eigenvalue weighted by molar-refractivity contribution is 5.97. The first-order valence-electron chi connectivity index (χ1n) is 16.0. The van der Waals surface area contributed by atoms with Crippen LogP contribution in [0.4, 0.5) is 10.2 Å². The zero-order valence-corrected chi connectivity index (χ0v) is 27.0. The molecule has 45 heavy (non-hydrogen) atoms. The number of carbonyl (C=O) groups excluding carboxylic acids is 1. The number of ether oxygens (including phenoxy) is 2. The molecule has 0 bridgehead atoms. The fourth-order valence-corrected chi connectivity index (χ4v) is 6.86. The van der Waals surface area contributed by atoms with Gasteiger partial charge in [-0.1, -0.05) is 0 Å². The van der Waals surface area contributed by atoms with Crippen LogP contribution in [0.2, 0.25) is 0 Å². The number of fused-ring (bicyclic) bond motifs is 1. The van der Waals surface area contributed by atoms with E-state index in [1.807, 2.05) is 33.0 Å². The number of carbonyl (C=O) groups is 1. The van der Waals surface area contributed by atoms with Gasteiger partial charge in [-0.2, -0.15) is 0 Å². The van der Waals surface area contributed by atoms with E-state index in [0.29, 0.717) is 18.1 Å². The molecule has 1 saturated heterocycles. The standard InChI is InChI=1S/C34H44FN7O3/c1-6-42(23(2)3)33(43)27-15-24(35)7-8-29(27)45-31-18-36-22-38-32(31)41-20-34(21-41)16-25(17-34)44-30-9-11-37-28-19-40(12-10-26(28)30)14-13-39(4)5/h7-9,11,15,18,22-23,25H,6,10,12-14,16-17,19-21H2,1-5H3. The SMILES string of the molecule is CCN(C(=O)c1cc(F)ccc1Oc1cncnc1N1CC2(CC(Oc3ccnc4c3CCN(CCN(C)C)C4)C2)C1)C(C)C. The highest BCUT2D eigenvalue weighted by atomic mass is 19.1. The van der Waals surface area contributed by atoms with Gasteiger partial charge in [-0.3, -0.25) is 14.7 Å². The Hall–Kier alpha value is -3.83. The predicted octanol–water partition coefficient (Wildman–Crippen LogP) is 4.64. The summed E-state index contributed by atoms with van der Waals surface area (Å²) in [5.41, 5.74) is 2.75. The topological polar surface area (TPSA) is 87.2 Å². The van der Waals surface area contributed by atoms with Gasteiger partial charge >= 0.3 is 0 Å². The van der Waals surface area contributed by atoms with Crippen LogP contribution in [0, 0.1) is 11.2 Å². The molecule has 2 aliphatic heterocycles. The fourth-order valence-electron chi connectivity index (χ4n) is 6.86. The molecular formula is C34H44FN7O3. The minimum absolute atomic E-state index is 0.0331. The number of likely N-dealkylation sites (N-methyl/N-ethyl adjacent to an activating group) is 1. The molecule has 3 aromatic rings. The van der Waals surface area contributed by atoms with Crippen molar-refractivity contribution in [3.05, 3.63) is 65.6 Å². The highest BCUT2D eigenvalue weighted by Gasteiger charge is 2.54. The molecular weight excluding hydrogens is 573 g/mol. The molecule has 4 heterocycles. The van der Waals surface area contributed by atoms with Crippen LogP contribution in [0.15, 0.2) is 43.0 Å². The number of pyridine rings is 1. The first kappa shape index (κ1) is 31.2. The molecule has 0 radical (unpaired) electrons. The van der Waals surface area contributed by atoms with Crippen LogP contribution in [0.1, 0.15) is 55.2 Å². The number of rotatable bonds is 11. The number of halogens is 1. The molecule has 240 valence electrons. The normalized spacial score (nSPS) is 17.6. The van der Waals surface area contributed by atoms with Crippen LogP contribution in [0.25, 0.3) is 0 Å². The van der Waals surface area contributed by atoms with Gasteiger partial charge in [0.2, 0.25) is 0 Å². The molecule has 1 aromatic carbocycles. The Bertz CT molecular complexity index is 1520. The molecule has 1 amide bonds. The Morgan fingerprint density at radius 3 is 2.67 bits per heavy atom. The van der Waals surface area contributed by atoms with Gasteiger partial charge in [0.25, 0.3) is 5.91 Å². The van der Waals surface area contributed by atoms with Crippen molar-refractivity contribution >= 4 is 11.7 Å². The Balaban J connectivity index is 1.08. The second-order valence-corrected chi connectivity index (χ2v) is 13.2. The van der Waals surface area contributed by atoms with Gasteiger partial charge in [0.1, 0.15) is 29.7 Å². The number of anilines is 1. The predicted molar refractivity (Wildman–Crippen MR) is 170 cm³/mol. The first-order chi connectivity index (χ1) is 21.6. The molecule has 1 aliphatic carbocycles. The second-order valence-electron chi connectivity index (χ2n) is 13.2. The summed E-state index contributed by atoms with van der Waals surface area (Å²) < 4.78 is 27.0. The fraction of sp³-hybridized carbons (Fsp3) is 0.529. The molecule has 0 unspecified atom stereocenters. The summed E-state index contributed by atoms with van der Waals surface area (Å²) in [6, 6.07) is 6.02. The first-order valence-corrected chi connectivity index (χ1v) is 16.0. The number of aromatic nitrogens is 3. The third-order valence-electron chi connectivity index (χ3n) is 9.26. The van der Waals surface area contributed by atoms with Crippen LogP contribution in [-0.4, -0.2) is 101 Å². The molecule has 0 atom stereocenters. The van der Waals surface area contributed by atoms with Crippen molar-refractivity contribution in [1.29, 1.82) is 0 Å². The average Bonchev–Trinajstić information content (AvgIpc) is 2.98. The van der Waals surface area contributed by atoms with Gasteiger partial charge in [-0.15, -0.1) is 0 Å². The monoisotopic (exact) mass is 617 g/mol. The molecule has 0 N–H and O–H groups in total. The Morgan fingerprint density at radius 2 is 1.93 bits per heavy atom. The minimum Gasteiger partial charge on any atom is -0.490 e. The summed E-state index contributed by atoms with van der Waals surface area (Å²) in [5, 5.41) is 0. The van der Waals surface area contributed by atoms with Crippen LogP contribution >= 0.6 is 0 Å². The molecule has 11 heteroatoms. The van der Waals surface area contributed by atoms with E-state index in [4.69, 9.17) is 9.47 Å². The van der Waals surface area contributed by atoms with Gasteiger partial charge < -0.3 is 24.2 Å². The van der Waals surface area contributed by atoms with Gasteiger partial charge in [-0.05, 0) is 78.4 Å². The molecule has 6 rings (SSSR count). The molecule has 10 nitrogen and oxygen atoms in total. The van der Waals surface area contributed by atoms with E-state index in [1.54, 1.807) is 11.1 Å². The lowest BCUT2D eigenvalue weighted by Gasteiger charge is -2.59. The van der Waals surface area contributed by atoms with Gasteiger partial charge in [0.05, 0.1) is 17.5 Å². The lowest BCUT2D eigenvalue weighted by atomic mass is 9.61. The number of amides is 1. The Labute approximate surface area is 265 Å². The van der Waals surface area contributed by atoms with E-state index in [1.165, 1.54) is 30.1 Å². The highest BCUT2D eigenvalue weighted by Crippen LogP contribution is 2.52. The lowest BCUT2D eigenvalue weighted by Crippen LogP contribution is -2.65. The molecule has 1 spiro atoms. The van der Waals surface area contributed by atoms with Crippen molar-refractivity contribution < 1.29 is 18.7 Å². The van der Waals surface area contributed by atoms with Crippen LogP contribution in [0.5, 0.6) is 17.2 Å². The molecule has 1 saturated carbocycles. The maximum atomic E-state index is 14.3. The van der Waals surface area contributed by atoms with Crippen LogP contribution in [-0.2, 0) is 13.0 Å². The van der Waals surface area contributed by atoms with Crippen molar-refractivity contribution in [2.45, 2.75) is 58.7 Å². The smallest absolute Gasteiger partial charge is 0.257 e. The van der Waals surface area contributed by atoms with Crippen LogP contribution in [0.3, 0.4) is 0 Å². The van der Waals surface area contributed by atoms with Crippen molar-refractivity contribution in [1.82, 2.24) is 29.7 Å². The number of hydrogen-bond acceptors (Lipinski definition) is 9. The van der Waals surface area contributed by atoms with E-state index in [2.05, 4.69) is 43.7 Å².